The number of rotatable bonds is 1. The van der Waals surface area contributed by atoms with Crippen molar-refractivity contribution in [1.82, 2.24) is 0 Å². The third-order valence-corrected chi connectivity index (χ3v) is 3.21. The highest BCUT2D eigenvalue weighted by Gasteiger charge is 2.27. The van der Waals surface area contributed by atoms with Crippen molar-refractivity contribution in [3.63, 3.8) is 0 Å². The van der Waals surface area contributed by atoms with Gasteiger partial charge in [-0.2, -0.15) is 0 Å². The van der Waals surface area contributed by atoms with Crippen LogP contribution in [0.25, 0.3) is 0 Å². The molecule has 0 aromatic rings. The minimum absolute atomic E-state index is 0.223. The fraction of sp³-hybridized carbons (Fsp3) is 1.00. The molecule has 3 N–H and O–H groups in total. The van der Waals surface area contributed by atoms with Crippen molar-refractivity contribution in [3.05, 3.63) is 0 Å². The van der Waals surface area contributed by atoms with Crippen LogP contribution >= 0.6 is 9.24 Å². The van der Waals surface area contributed by atoms with E-state index in [2.05, 4.69) is 9.24 Å². The zero-order valence-corrected chi connectivity index (χ0v) is 7.32. The van der Waals surface area contributed by atoms with Crippen molar-refractivity contribution in [2.45, 2.75) is 31.0 Å². The molecule has 1 aliphatic rings. The molecular weight excluding hydrogens is 145 g/mol. The van der Waals surface area contributed by atoms with E-state index in [1.165, 1.54) is 12.8 Å². The Morgan fingerprint density at radius 2 is 2.20 bits per heavy atom. The van der Waals surface area contributed by atoms with Gasteiger partial charge in [-0.25, -0.2) is 0 Å². The van der Waals surface area contributed by atoms with E-state index in [0.717, 1.165) is 6.42 Å². The lowest BCUT2D eigenvalue weighted by atomic mass is 9.85. The zero-order valence-electron chi connectivity index (χ0n) is 6.16. The molecule has 0 bridgehead atoms. The third-order valence-electron chi connectivity index (χ3n) is 2.39. The van der Waals surface area contributed by atoms with Gasteiger partial charge in [-0.3, -0.25) is 0 Å². The Morgan fingerprint density at radius 3 is 2.60 bits per heavy atom. The lowest BCUT2D eigenvalue weighted by Crippen LogP contribution is -2.41. The predicted octanol–water partition coefficient (Wildman–Crippen LogP) is 0.350. The Labute approximate surface area is 64.4 Å². The molecule has 10 heavy (non-hydrogen) atoms. The SMILES string of the molecule is NC1CCCC(P)C1CO. The van der Waals surface area contributed by atoms with Crippen molar-refractivity contribution in [1.29, 1.82) is 0 Å². The molecule has 2 nitrogen and oxygen atoms in total. The molecule has 0 aliphatic heterocycles. The molecule has 0 radical (unpaired) electrons. The highest BCUT2D eigenvalue weighted by molar-refractivity contribution is 7.17. The van der Waals surface area contributed by atoms with Crippen LogP contribution in [-0.4, -0.2) is 23.4 Å². The molecule has 0 saturated heterocycles. The van der Waals surface area contributed by atoms with Gasteiger partial charge in [0.25, 0.3) is 0 Å². The first-order valence-electron chi connectivity index (χ1n) is 3.87. The van der Waals surface area contributed by atoms with Crippen molar-refractivity contribution < 1.29 is 5.11 Å². The number of nitrogens with two attached hydrogens (primary N) is 1. The third kappa shape index (κ3) is 1.69. The Morgan fingerprint density at radius 1 is 1.50 bits per heavy atom. The summed E-state index contributed by atoms with van der Waals surface area (Å²) in [4.78, 5) is 0. The van der Waals surface area contributed by atoms with Gasteiger partial charge in [-0.1, -0.05) is 6.42 Å². The molecular formula is C7H16NOP. The summed E-state index contributed by atoms with van der Waals surface area (Å²) >= 11 is 0. The van der Waals surface area contributed by atoms with Crippen molar-refractivity contribution in [2.75, 3.05) is 6.61 Å². The standard InChI is InChI=1S/C7H16NOP/c8-6-2-1-3-7(10)5(6)4-9/h5-7,9H,1-4,8,10H2. The minimum Gasteiger partial charge on any atom is -0.396 e. The fourth-order valence-corrected chi connectivity index (χ4v) is 2.25. The summed E-state index contributed by atoms with van der Waals surface area (Å²) in [5.74, 6) is 0.318. The summed E-state index contributed by atoms with van der Waals surface area (Å²) in [6, 6.07) is 0.223. The molecule has 0 spiro atoms. The van der Waals surface area contributed by atoms with Crippen LogP contribution in [-0.2, 0) is 0 Å². The highest BCUT2D eigenvalue weighted by Crippen LogP contribution is 2.28. The van der Waals surface area contributed by atoms with Gasteiger partial charge in [0.05, 0.1) is 0 Å². The van der Waals surface area contributed by atoms with Gasteiger partial charge >= 0.3 is 0 Å². The molecule has 0 heterocycles. The maximum Gasteiger partial charge on any atom is 0.0479 e. The Hall–Kier alpha value is 0.350. The monoisotopic (exact) mass is 161 g/mol. The molecule has 1 saturated carbocycles. The quantitative estimate of drug-likeness (QED) is 0.545. The van der Waals surface area contributed by atoms with E-state index in [9.17, 15) is 0 Å². The first kappa shape index (κ1) is 8.45. The fourth-order valence-electron chi connectivity index (χ4n) is 1.61. The first-order chi connectivity index (χ1) is 4.75. The second kappa shape index (κ2) is 3.66. The van der Waals surface area contributed by atoms with Gasteiger partial charge in [-0.15, -0.1) is 9.24 Å². The molecule has 1 aliphatic carbocycles. The van der Waals surface area contributed by atoms with Gasteiger partial charge < -0.3 is 10.8 Å². The van der Waals surface area contributed by atoms with Gasteiger partial charge in [0.1, 0.15) is 0 Å². The van der Waals surface area contributed by atoms with Crippen LogP contribution in [0.4, 0.5) is 0 Å². The second-order valence-corrected chi connectivity index (χ2v) is 3.96. The molecule has 60 valence electrons. The summed E-state index contributed by atoms with van der Waals surface area (Å²) in [5.41, 5.74) is 6.34. The molecule has 4 atom stereocenters. The van der Waals surface area contributed by atoms with Crippen LogP contribution < -0.4 is 5.73 Å². The second-order valence-electron chi connectivity index (χ2n) is 3.11. The minimum atomic E-state index is 0.223. The van der Waals surface area contributed by atoms with Crippen LogP contribution in [0.15, 0.2) is 0 Å². The topological polar surface area (TPSA) is 46.2 Å². The van der Waals surface area contributed by atoms with Gasteiger partial charge in [0.2, 0.25) is 0 Å². The first-order valence-corrected chi connectivity index (χ1v) is 4.54. The lowest BCUT2D eigenvalue weighted by molar-refractivity contribution is 0.176. The van der Waals surface area contributed by atoms with Gasteiger partial charge in [-0.05, 0) is 18.5 Å². The van der Waals surface area contributed by atoms with Crippen LogP contribution in [0.3, 0.4) is 0 Å². The van der Waals surface area contributed by atoms with E-state index in [1.54, 1.807) is 0 Å². The van der Waals surface area contributed by atoms with Gasteiger partial charge in [0, 0.05) is 18.6 Å². The van der Waals surface area contributed by atoms with Crippen molar-refractivity contribution >= 4 is 9.24 Å². The normalized spacial score (nSPS) is 41.7. The van der Waals surface area contributed by atoms with E-state index in [-0.39, 0.29) is 12.6 Å². The lowest BCUT2D eigenvalue weighted by Gasteiger charge is -2.32. The maximum atomic E-state index is 8.94. The summed E-state index contributed by atoms with van der Waals surface area (Å²) in [6.45, 7) is 0.245. The van der Waals surface area contributed by atoms with E-state index < -0.39 is 0 Å². The number of hydrogen-bond acceptors (Lipinski definition) is 2. The molecule has 1 fully saturated rings. The maximum absolute atomic E-state index is 8.94. The van der Waals surface area contributed by atoms with Crippen molar-refractivity contribution in [3.8, 4) is 0 Å². The Bertz CT molecular complexity index is 99.8. The molecule has 1 rings (SSSR count). The summed E-state index contributed by atoms with van der Waals surface area (Å²) in [6.07, 6.45) is 3.49. The number of hydrogen-bond donors (Lipinski definition) is 2. The largest absolute Gasteiger partial charge is 0.396 e. The predicted molar refractivity (Wildman–Crippen MR) is 45.9 cm³/mol. The van der Waals surface area contributed by atoms with Crippen LogP contribution in [0.1, 0.15) is 19.3 Å². The van der Waals surface area contributed by atoms with Crippen LogP contribution in [0, 0.1) is 5.92 Å². The van der Waals surface area contributed by atoms with Crippen LogP contribution in [0.5, 0.6) is 0 Å². The zero-order chi connectivity index (χ0) is 7.56. The average molecular weight is 161 g/mol. The smallest absolute Gasteiger partial charge is 0.0479 e. The van der Waals surface area contributed by atoms with E-state index >= 15 is 0 Å². The Kier molecular flexibility index (Phi) is 3.09. The molecule has 0 aromatic heterocycles. The summed E-state index contributed by atoms with van der Waals surface area (Å²) in [5, 5.41) is 8.94. The summed E-state index contributed by atoms with van der Waals surface area (Å²) in [7, 11) is 2.77. The van der Waals surface area contributed by atoms with E-state index in [4.69, 9.17) is 10.8 Å². The molecule has 4 unspecified atom stereocenters. The molecule has 0 aromatic carbocycles. The van der Waals surface area contributed by atoms with E-state index in [0.29, 0.717) is 11.6 Å². The number of aliphatic hydroxyl groups is 1. The van der Waals surface area contributed by atoms with Crippen LogP contribution in [0.2, 0.25) is 0 Å². The molecule has 0 amide bonds. The highest BCUT2D eigenvalue weighted by atomic mass is 31.0. The van der Waals surface area contributed by atoms with E-state index in [1.807, 2.05) is 0 Å². The average Bonchev–Trinajstić information content (AvgIpc) is 1.88. The molecule has 3 heteroatoms. The summed E-state index contributed by atoms with van der Waals surface area (Å²) < 4.78 is 0. The Balaban J connectivity index is 2.45. The number of aliphatic hydroxyl groups excluding tert-OH is 1. The van der Waals surface area contributed by atoms with Crippen molar-refractivity contribution in [2.24, 2.45) is 11.7 Å². The van der Waals surface area contributed by atoms with Gasteiger partial charge in [0.15, 0.2) is 0 Å².